The number of piperazine rings is 1. The number of amides is 1. The van der Waals surface area contributed by atoms with Crippen LogP contribution in [0, 0.1) is 0 Å². The van der Waals surface area contributed by atoms with Crippen molar-refractivity contribution in [2.24, 2.45) is 0 Å². The highest BCUT2D eigenvalue weighted by Crippen LogP contribution is 2.31. The van der Waals surface area contributed by atoms with Gasteiger partial charge in [-0.25, -0.2) is 8.42 Å². The first-order chi connectivity index (χ1) is 13.6. The standard InChI is InChI=1S/C20H22N2O5S/c23-20(16-7-8-18-19(15-16)27-14-4-13-26-18)21-9-11-22(12-10-21)28(24,25)17-5-2-1-3-6-17/h1-3,5-8,15H,4,9-14H2. The molecule has 0 aliphatic carbocycles. The minimum absolute atomic E-state index is 0.132. The minimum Gasteiger partial charge on any atom is -0.490 e. The van der Waals surface area contributed by atoms with Gasteiger partial charge in [0.15, 0.2) is 11.5 Å². The van der Waals surface area contributed by atoms with E-state index in [0.717, 1.165) is 6.42 Å². The van der Waals surface area contributed by atoms with Crippen LogP contribution in [-0.2, 0) is 10.0 Å². The van der Waals surface area contributed by atoms with Crippen molar-refractivity contribution in [3.8, 4) is 11.5 Å². The summed E-state index contributed by atoms with van der Waals surface area (Å²) in [6.45, 7) is 2.39. The molecule has 2 aromatic carbocycles. The lowest BCUT2D eigenvalue weighted by atomic mass is 10.1. The van der Waals surface area contributed by atoms with Gasteiger partial charge in [-0.1, -0.05) is 18.2 Å². The maximum atomic E-state index is 12.9. The van der Waals surface area contributed by atoms with Crippen LogP contribution in [0.4, 0.5) is 0 Å². The van der Waals surface area contributed by atoms with Gasteiger partial charge in [0, 0.05) is 38.2 Å². The van der Waals surface area contributed by atoms with E-state index in [1.54, 1.807) is 53.4 Å². The molecule has 2 aromatic rings. The molecule has 1 fully saturated rings. The van der Waals surface area contributed by atoms with Gasteiger partial charge in [0.25, 0.3) is 5.91 Å². The number of carbonyl (C=O) groups excluding carboxylic acids is 1. The molecule has 1 amide bonds. The van der Waals surface area contributed by atoms with Gasteiger partial charge in [0.05, 0.1) is 18.1 Å². The quantitative estimate of drug-likeness (QED) is 0.785. The molecule has 0 aromatic heterocycles. The average molecular weight is 402 g/mol. The van der Waals surface area contributed by atoms with E-state index in [1.807, 2.05) is 0 Å². The van der Waals surface area contributed by atoms with Crippen molar-refractivity contribution in [3.63, 3.8) is 0 Å². The SMILES string of the molecule is O=C(c1ccc2c(c1)OCCCO2)N1CCN(S(=O)(=O)c2ccccc2)CC1. The van der Waals surface area contributed by atoms with Gasteiger partial charge in [-0.05, 0) is 30.3 Å². The number of fused-ring (bicyclic) bond motifs is 1. The third-order valence-electron chi connectivity index (χ3n) is 4.90. The Morgan fingerprint density at radius 2 is 1.54 bits per heavy atom. The number of sulfonamides is 1. The number of ether oxygens (including phenoxy) is 2. The monoisotopic (exact) mass is 402 g/mol. The summed E-state index contributed by atoms with van der Waals surface area (Å²) in [7, 11) is -3.53. The maximum absolute atomic E-state index is 12.9. The molecule has 0 spiro atoms. The Bertz CT molecular complexity index is 954. The van der Waals surface area contributed by atoms with E-state index in [1.165, 1.54) is 4.31 Å². The molecule has 148 valence electrons. The Morgan fingerprint density at radius 1 is 0.857 bits per heavy atom. The zero-order chi connectivity index (χ0) is 19.6. The predicted octanol–water partition coefficient (Wildman–Crippen LogP) is 1.99. The fraction of sp³-hybridized carbons (Fsp3) is 0.350. The molecule has 2 heterocycles. The topological polar surface area (TPSA) is 76.2 Å². The lowest BCUT2D eigenvalue weighted by Gasteiger charge is -2.34. The van der Waals surface area contributed by atoms with Gasteiger partial charge in [0.2, 0.25) is 10.0 Å². The van der Waals surface area contributed by atoms with Gasteiger partial charge in [-0.2, -0.15) is 4.31 Å². The lowest BCUT2D eigenvalue weighted by molar-refractivity contribution is 0.0697. The summed E-state index contributed by atoms with van der Waals surface area (Å²) < 4.78 is 38.1. The number of rotatable bonds is 3. The first-order valence-corrected chi connectivity index (χ1v) is 10.7. The molecule has 0 saturated carbocycles. The van der Waals surface area contributed by atoms with Crippen LogP contribution in [0.15, 0.2) is 53.4 Å². The third kappa shape index (κ3) is 3.70. The summed E-state index contributed by atoms with van der Waals surface area (Å²) in [5, 5.41) is 0. The highest BCUT2D eigenvalue weighted by Gasteiger charge is 2.30. The zero-order valence-corrected chi connectivity index (χ0v) is 16.2. The summed E-state index contributed by atoms with van der Waals surface area (Å²) in [5.74, 6) is 1.09. The van der Waals surface area contributed by atoms with Crippen molar-refractivity contribution in [2.45, 2.75) is 11.3 Å². The number of hydrogen-bond acceptors (Lipinski definition) is 5. The van der Waals surface area contributed by atoms with Crippen LogP contribution in [-0.4, -0.2) is 62.9 Å². The Kier molecular flexibility index (Phi) is 5.23. The molecule has 2 aliphatic rings. The first-order valence-electron chi connectivity index (χ1n) is 9.30. The Labute approximate surface area is 164 Å². The molecule has 0 unspecified atom stereocenters. The molecule has 7 nitrogen and oxygen atoms in total. The van der Waals surface area contributed by atoms with Crippen LogP contribution in [0.5, 0.6) is 11.5 Å². The van der Waals surface area contributed by atoms with Crippen LogP contribution in [0.3, 0.4) is 0 Å². The van der Waals surface area contributed by atoms with Gasteiger partial charge in [-0.15, -0.1) is 0 Å². The van der Waals surface area contributed by atoms with Crippen LogP contribution in [0.25, 0.3) is 0 Å². The molecule has 1 saturated heterocycles. The molecule has 0 N–H and O–H groups in total. The summed E-state index contributed by atoms with van der Waals surface area (Å²) in [6, 6.07) is 13.6. The van der Waals surface area contributed by atoms with Crippen molar-refractivity contribution < 1.29 is 22.7 Å². The molecule has 4 rings (SSSR count). The van der Waals surface area contributed by atoms with Crippen molar-refractivity contribution >= 4 is 15.9 Å². The largest absolute Gasteiger partial charge is 0.490 e. The van der Waals surface area contributed by atoms with Crippen LogP contribution in [0.1, 0.15) is 16.8 Å². The Hall–Kier alpha value is -2.58. The first kappa shape index (κ1) is 18.8. The smallest absolute Gasteiger partial charge is 0.254 e. The average Bonchev–Trinajstić information content (AvgIpc) is 2.99. The fourth-order valence-electron chi connectivity index (χ4n) is 3.35. The fourth-order valence-corrected chi connectivity index (χ4v) is 4.80. The second-order valence-electron chi connectivity index (χ2n) is 6.72. The number of nitrogens with zero attached hydrogens (tertiary/aromatic N) is 2. The molecular weight excluding hydrogens is 380 g/mol. The summed E-state index contributed by atoms with van der Waals surface area (Å²) in [5.41, 5.74) is 0.517. The van der Waals surface area contributed by atoms with Crippen molar-refractivity contribution in [3.05, 3.63) is 54.1 Å². The van der Waals surface area contributed by atoms with Gasteiger partial charge < -0.3 is 14.4 Å². The van der Waals surface area contributed by atoms with E-state index < -0.39 is 10.0 Å². The van der Waals surface area contributed by atoms with E-state index in [-0.39, 0.29) is 23.9 Å². The molecule has 0 radical (unpaired) electrons. The number of benzene rings is 2. The van der Waals surface area contributed by atoms with E-state index in [4.69, 9.17) is 9.47 Å². The Morgan fingerprint density at radius 3 is 2.25 bits per heavy atom. The normalized spacial score (nSPS) is 17.8. The van der Waals surface area contributed by atoms with Crippen molar-refractivity contribution in [1.82, 2.24) is 9.21 Å². The molecular formula is C20H22N2O5S. The Balaban J connectivity index is 1.44. The van der Waals surface area contributed by atoms with E-state index in [0.29, 0.717) is 43.4 Å². The van der Waals surface area contributed by atoms with Crippen LogP contribution in [0.2, 0.25) is 0 Å². The molecule has 0 bridgehead atoms. The van der Waals surface area contributed by atoms with Gasteiger partial charge >= 0.3 is 0 Å². The summed E-state index contributed by atoms with van der Waals surface area (Å²) in [6.07, 6.45) is 0.801. The van der Waals surface area contributed by atoms with Gasteiger partial charge in [0.1, 0.15) is 0 Å². The van der Waals surface area contributed by atoms with Crippen LogP contribution < -0.4 is 9.47 Å². The minimum atomic E-state index is -3.53. The van der Waals surface area contributed by atoms with E-state index in [9.17, 15) is 13.2 Å². The van der Waals surface area contributed by atoms with E-state index in [2.05, 4.69) is 0 Å². The lowest BCUT2D eigenvalue weighted by Crippen LogP contribution is -2.50. The van der Waals surface area contributed by atoms with Gasteiger partial charge in [-0.3, -0.25) is 4.79 Å². The predicted molar refractivity (Wildman–Crippen MR) is 103 cm³/mol. The molecule has 28 heavy (non-hydrogen) atoms. The highest BCUT2D eigenvalue weighted by atomic mass is 32.2. The second kappa shape index (κ2) is 7.81. The number of carbonyl (C=O) groups is 1. The molecule has 8 heteroatoms. The zero-order valence-electron chi connectivity index (χ0n) is 15.4. The third-order valence-corrected chi connectivity index (χ3v) is 6.81. The summed E-state index contributed by atoms with van der Waals surface area (Å²) >= 11 is 0. The highest BCUT2D eigenvalue weighted by molar-refractivity contribution is 7.89. The second-order valence-corrected chi connectivity index (χ2v) is 8.66. The summed E-state index contributed by atoms with van der Waals surface area (Å²) in [4.78, 5) is 14.8. The van der Waals surface area contributed by atoms with E-state index >= 15 is 0 Å². The van der Waals surface area contributed by atoms with Crippen LogP contribution >= 0.6 is 0 Å². The number of hydrogen-bond donors (Lipinski definition) is 0. The van der Waals surface area contributed by atoms with Crippen molar-refractivity contribution in [1.29, 1.82) is 0 Å². The molecule has 2 aliphatic heterocycles. The van der Waals surface area contributed by atoms with Crippen molar-refractivity contribution in [2.75, 3.05) is 39.4 Å². The molecule has 0 atom stereocenters. The maximum Gasteiger partial charge on any atom is 0.254 e.